The molecule has 2 aromatic heterocycles. The molecule has 0 spiro atoms. The number of nitrogen functional groups attached to an aromatic ring is 1. The lowest BCUT2D eigenvalue weighted by Gasteiger charge is -2.10. The molecular weight excluding hydrogens is 327 g/mol. The van der Waals surface area contributed by atoms with Crippen LogP contribution >= 0.6 is 11.3 Å². The summed E-state index contributed by atoms with van der Waals surface area (Å²) in [6.45, 7) is 3.29. The first-order valence-corrected chi connectivity index (χ1v) is 7.46. The van der Waals surface area contributed by atoms with Gasteiger partial charge in [-0.05, 0) is 42.7 Å². The second kappa shape index (κ2) is 5.09. The highest BCUT2D eigenvalue weighted by Crippen LogP contribution is 2.39. The number of thiophene rings is 1. The van der Waals surface area contributed by atoms with E-state index in [0.29, 0.717) is 31.8 Å². The number of hydrogen-bond donors (Lipinski definition) is 2. The lowest BCUT2D eigenvalue weighted by molar-refractivity contribution is -0.137. The molecule has 0 saturated heterocycles. The predicted molar refractivity (Wildman–Crippen MR) is 84.6 cm³/mol. The number of aryl methyl sites for hydroxylation is 2. The van der Waals surface area contributed by atoms with Gasteiger partial charge in [0.2, 0.25) is 5.95 Å². The zero-order chi connectivity index (χ0) is 16.9. The van der Waals surface area contributed by atoms with Crippen molar-refractivity contribution in [3.8, 4) is 10.4 Å². The number of hydrogen-bond acceptors (Lipinski definition) is 4. The van der Waals surface area contributed by atoms with E-state index in [-0.39, 0.29) is 5.95 Å². The molecule has 0 aliphatic rings. The third-order valence-corrected chi connectivity index (χ3v) is 4.72. The van der Waals surface area contributed by atoms with Crippen molar-refractivity contribution in [1.29, 1.82) is 0 Å². The van der Waals surface area contributed by atoms with Gasteiger partial charge in [-0.1, -0.05) is 6.07 Å². The first kappa shape index (κ1) is 15.5. The van der Waals surface area contributed by atoms with E-state index in [4.69, 9.17) is 5.73 Å². The number of nitrogens with two attached hydrogens (primary N) is 1. The van der Waals surface area contributed by atoms with Gasteiger partial charge >= 0.3 is 6.18 Å². The lowest BCUT2D eigenvalue weighted by atomic mass is 10.0. The molecule has 4 nitrogen and oxygen atoms in total. The molecule has 0 atom stereocenters. The quantitative estimate of drug-likeness (QED) is 0.707. The Labute approximate surface area is 132 Å². The van der Waals surface area contributed by atoms with Crippen molar-refractivity contribution >= 4 is 27.5 Å². The third-order valence-electron chi connectivity index (χ3n) is 3.49. The highest BCUT2D eigenvalue weighted by Gasteiger charge is 2.31. The van der Waals surface area contributed by atoms with E-state index in [1.807, 2.05) is 0 Å². The highest BCUT2D eigenvalue weighted by molar-refractivity contribution is 7.22. The summed E-state index contributed by atoms with van der Waals surface area (Å²) < 4.78 is 39.0. The maximum atomic E-state index is 13.0. The normalized spacial score (nSPS) is 12.0. The fourth-order valence-corrected chi connectivity index (χ4v) is 3.69. The number of alkyl halides is 3. The number of nitrogens with zero attached hydrogens (tertiary/aromatic N) is 1. The fourth-order valence-electron chi connectivity index (χ4n) is 2.51. The van der Waals surface area contributed by atoms with Crippen molar-refractivity contribution in [3.05, 3.63) is 45.2 Å². The maximum Gasteiger partial charge on any atom is 0.416 e. The van der Waals surface area contributed by atoms with Gasteiger partial charge in [-0.15, -0.1) is 11.3 Å². The van der Waals surface area contributed by atoms with Crippen LogP contribution in [-0.2, 0) is 6.18 Å². The van der Waals surface area contributed by atoms with Crippen LogP contribution in [0.4, 0.5) is 19.1 Å². The van der Waals surface area contributed by atoms with Gasteiger partial charge in [-0.3, -0.25) is 9.78 Å². The summed E-state index contributed by atoms with van der Waals surface area (Å²) in [5.74, 6) is -0.0180. The largest absolute Gasteiger partial charge is 0.416 e. The molecule has 0 bridgehead atoms. The molecule has 0 unspecified atom stereocenters. The summed E-state index contributed by atoms with van der Waals surface area (Å²) >= 11 is 1.15. The number of anilines is 1. The van der Waals surface area contributed by atoms with Crippen molar-refractivity contribution < 1.29 is 13.2 Å². The van der Waals surface area contributed by atoms with E-state index in [9.17, 15) is 18.0 Å². The van der Waals surface area contributed by atoms with Crippen LogP contribution in [0.5, 0.6) is 0 Å². The van der Waals surface area contributed by atoms with Crippen molar-refractivity contribution in [2.45, 2.75) is 20.0 Å². The molecule has 8 heteroatoms. The van der Waals surface area contributed by atoms with Crippen LogP contribution in [0.1, 0.15) is 16.7 Å². The number of H-pyrrole nitrogens is 1. The van der Waals surface area contributed by atoms with Gasteiger partial charge in [0.15, 0.2) is 0 Å². The number of benzene rings is 1. The second-order valence-corrected chi connectivity index (χ2v) is 6.27. The fraction of sp³-hybridized carbons (Fsp3) is 0.200. The number of aromatic amines is 1. The third kappa shape index (κ3) is 2.70. The van der Waals surface area contributed by atoms with Gasteiger partial charge in [0, 0.05) is 4.88 Å². The zero-order valence-corrected chi connectivity index (χ0v) is 13.0. The van der Waals surface area contributed by atoms with Crippen LogP contribution in [0.3, 0.4) is 0 Å². The minimum Gasteiger partial charge on any atom is -0.369 e. The van der Waals surface area contributed by atoms with Gasteiger partial charge < -0.3 is 5.73 Å². The Balaban J connectivity index is 2.29. The molecule has 3 rings (SSSR count). The molecule has 3 N–H and O–H groups in total. The van der Waals surface area contributed by atoms with E-state index < -0.39 is 17.3 Å². The Hall–Kier alpha value is -2.35. The summed E-state index contributed by atoms with van der Waals surface area (Å²) in [5, 5.41) is 0.356. The summed E-state index contributed by atoms with van der Waals surface area (Å²) in [7, 11) is 0. The van der Waals surface area contributed by atoms with Crippen LogP contribution in [0.2, 0.25) is 0 Å². The number of nitrogens with one attached hydrogen (secondary N) is 1. The Bertz CT molecular complexity index is 972. The van der Waals surface area contributed by atoms with Gasteiger partial charge in [0.1, 0.15) is 4.83 Å². The highest BCUT2D eigenvalue weighted by atomic mass is 32.1. The summed E-state index contributed by atoms with van der Waals surface area (Å²) in [5.41, 5.74) is 5.91. The van der Waals surface area contributed by atoms with E-state index >= 15 is 0 Å². The van der Waals surface area contributed by atoms with E-state index in [0.717, 1.165) is 23.5 Å². The van der Waals surface area contributed by atoms with Crippen LogP contribution in [-0.4, -0.2) is 9.97 Å². The van der Waals surface area contributed by atoms with Gasteiger partial charge in [-0.2, -0.15) is 13.2 Å². The van der Waals surface area contributed by atoms with Crippen LogP contribution in [0, 0.1) is 13.8 Å². The van der Waals surface area contributed by atoms with Crippen molar-refractivity contribution in [2.24, 2.45) is 0 Å². The number of aromatic nitrogens is 2. The van der Waals surface area contributed by atoms with Crippen LogP contribution in [0.25, 0.3) is 20.7 Å². The first-order chi connectivity index (χ1) is 10.7. The Morgan fingerprint density at radius 1 is 1.22 bits per heavy atom. The maximum absolute atomic E-state index is 13.0. The van der Waals surface area contributed by atoms with E-state index in [1.54, 1.807) is 19.9 Å². The first-order valence-electron chi connectivity index (χ1n) is 6.65. The molecule has 1 aromatic carbocycles. The van der Waals surface area contributed by atoms with Gasteiger partial charge in [0.25, 0.3) is 5.56 Å². The Morgan fingerprint density at radius 3 is 2.57 bits per heavy atom. The molecule has 2 heterocycles. The summed E-state index contributed by atoms with van der Waals surface area (Å²) in [4.78, 5) is 19.5. The second-order valence-electron chi connectivity index (χ2n) is 5.27. The average Bonchev–Trinajstić information content (AvgIpc) is 2.74. The zero-order valence-electron chi connectivity index (χ0n) is 12.2. The van der Waals surface area contributed by atoms with Gasteiger partial charge in [-0.25, -0.2) is 4.98 Å². The Morgan fingerprint density at radius 2 is 1.91 bits per heavy atom. The molecule has 0 aliphatic carbocycles. The van der Waals surface area contributed by atoms with Crippen molar-refractivity contribution in [3.63, 3.8) is 0 Å². The summed E-state index contributed by atoms with van der Waals surface area (Å²) in [6, 6.07) is 3.84. The molecule has 23 heavy (non-hydrogen) atoms. The molecular formula is C15H12F3N3OS. The number of rotatable bonds is 1. The van der Waals surface area contributed by atoms with Crippen LogP contribution in [0.15, 0.2) is 23.0 Å². The number of fused-ring (bicyclic) bond motifs is 1. The minimum absolute atomic E-state index is 0.0180. The van der Waals surface area contributed by atoms with Crippen LogP contribution < -0.4 is 11.3 Å². The predicted octanol–water partition coefficient (Wildman–Crippen LogP) is 3.87. The monoisotopic (exact) mass is 339 g/mol. The molecule has 0 radical (unpaired) electrons. The smallest absolute Gasteiger partial charge is 0.369 e. The van der Waals surface area contributed by atoms with E-state index in [1.165, 1.54) is 0 Å². The molecule has 0 amide bonds. The van der Waals surface area contributed by atoms with Gasteiger partial charge in [0.05, 0.1) is 10.9 Å². The molecule has 0 aliphatic heterocycles. The summed E-state index contributed by atoms with van der Waals surface area (Å²) in [6.07, 6.45) is -4.43. The minimum atomic E-state index is -4.43. The van der Waals surface area contributed by atoms with Crippen molar-refractivity contribution in [2.75, 3.05) is 5.73 Å². The Kier molecular flexibility index (Phi) is 3.44. The molecule has 3 aromatic rings. The van der Waals surface area contributed by atoms with E-state index in [2.05, 4.69) is 9.97 Å². The number of halogens is 3. The lowest BCUT2D eigenvalue weighted by Crippen LogP contribution is -2.10. The molecule has 0 saturated carbocycles. The standard InChI is InChI=1S/C15H12F3N3OS/c1-6-3-8(5-9(4-6)15(16,17)18)11-7(2)10-12(22)20-14(19)21-13(10)23-11/h3-5H,1-2H3,(H3,19,20,21,22). The van der Waals surface area contributed by atoms with Crippen molar-refractivity contribution in [1.82, 2.24) is 9.97 Å². The average molecular weight is 339 g/mol. The molecule has 120 valence electrons. The SMILES string of the molecule is Cc1cc(-c2sc3nc(N)[nH]c(=O)c3c2C)cc(C(F)(F)F)c1. The molecule has 0 fully saturated rings. The topological polar surface area (TPSA) is 71.8 Å².